The molecular weight excluding hydrogens is 280 g/mol. The van der Waals surface area contributed by atoms with Crippen LogP contribution < -0.4 is 10.1 Å². The number of hydrogen-bond acceptors (Lipinski definition) is 3. The topological polar surface area (TPSA) is 58.6 Å². The van der Waals surface area contributed by atoms with E-state index < -0.39 is 6.04 Å². The lowest BCUT2D eigenvalue weighted by atomic mass is 10.0. The second kappa shape index (κ2) is 5.48. The standard InChI is InChI=1S/C17H20N2O3/c1-10(2)22-13-6-5-12-9-19(17(21)14(12)8-13)15-7-4-11(3)18-16(15)20/h5-6,8,10,15H,3-4,7,9H2,1-2H3,(H,18,20). The van der Waals surface area contributed by atoms with Gasteiger partial charge in [-0.05, 0) is 44.4 Å². The van der Waals surface area contributed by atoms with Crippen LogP contribution in [-0.4, -0.2) is 28.9 Å². The van der Waals surface area contributed by atoms with E-state index in [1.807, 2.05) is 26.0 Å². The predicted octanol–water partition coefficient (Wildman–Crippen LogP) is 2.22. The second-order valence-electron chi connectivity index (χ2n) is 6.07. The number of fused-ring (bicyclic) bond motifs is 1. The first-order valence-electron chi connectivity index (χ1n) is 7.55. The molecule has 1 aromatic carbocycles. The maximum absolute atomic E-state index is 12.6. The molecule has 5 heteroatoms. The van der Waals surface area contributed by atoms with Crippen molar-refractivity contribution in [2.45, 2.75) is 45.4 Å². The molecule has 1 saturated heterocycles. The second-order valence-corrected chi connectivity index (χ2v) is 6.07. The van der Waals surface area contributed by atoms with Gasteiger partial charge in [-0.25, -0.2) is 0 Å². The van der Waals surface area contributed by atoms with E-state index in [9.17, 15) is 9.59 Å². The van der Waals surface area contributed by atoms with Gasteiger partial charge in [-0.2, -0.15) is 0 Å². The number of ether oxygens (including phenoxy) is 1. The lowest BCUT2D eigenvalue weighted by molar-refractivity contribution is -0.126. The maximum atomic E-state index is 12.6. The normalized spacial score (nSPS) is 21.1. The van der Waals surface area contributed by atoms with E-state index in [1.54, 1.807) is 11.0 Å². The number of nitrogens with zero attached hydrogens (tertiary/aromatic N) is 1. The summed E-state index contributed by atoms with van der Waals surface area (Å²) in [7, 11) is 0. The number of piperidine rings is 1. The van der Waals surface area contributed by atoms with Gasteiger partial charge >= 0.3 is 0 Å². The third-order valence-corrected chi connectivity index (χ3v) is 3.98. The SMILES string of the molecule is C=C1CCC(N2Cc3ccc(OC(C)C)cc3C2=O)C(=O)N1. The van der Waals surface area contributed by atoms with Crippen molar-refractivity contribution >= 4 is 11.8 Å². The third-order valence-electron chi connectivity index (χ3n) is 3.98. The highest BCUT2D eigenvalue weighted by Gasteiger charge is 2.38. The molecule has 0 spiro atoms. The van der Waals surface area contributed by atoms with Gasteiger partial charge < -0.3 is 15.0 Å². The number of amides is 2. The predicted molar refractivity (Wildman–Crippen MR) is 82.4 cm³/mol. The molecule has 1 fully saturated rings. The van der Waals surface area contributed by atoms with Gasteiger partial charge in [0.1, 0.15) is 11.8 Å². The Morgan fingerprint density at radius 3 is 2.82 bits per heavy atom. The van der Waals surface area contributed by atoms with Crippen LogP contribution in [0.1, 0.15) is 42.6 Å². The van der Waals surface area contributed by atoms with Crippen LogP contribution in [-0.2, 0) is 11.3 Å². The van der Waals surface area contributed by atoms with E-state index in [1.165, 1.54) is 0 Å². The molecule has 2 aliphatic rings. The number of rotatable bonds is 3. The Balaban J connectivity index is 1.82. The molecule has 2 heterocycles. The Kier molecular flexibility index (Phi) is 3.64. The van der Waals surface area contributed by atoms with E-state index in [-0.39, 0.29) is 17.9 Å². The number of hydrogen-bond donors (Lipinski definition) is 1. The molecule has 2 aliphatic heterocycles. The summed E-state index contributed by atoms with van der Waals surface area (Å²) in [6, 6.07) is 5.14. The van der Waals surface area contributed by atoms with Crippen LogP contribution in [0, 0.1) is 0 Å². The van der Waals surface area contributed by atoms with Gasteiger partial charge in [0.05, 0.1) is 6.10 Å². The number of carbonyl (C=O) groups excluding carboxylic acids is 2. The Hall–Kier alpha value is -2.30. The van der Waals surface area contributed by atoms with Gasteiger partial charge in [0.15, 0.2) is 0 Å². The zero-order valence-corrected chi connectivity index (χ0v) is 12.9. The summed E-state index contributed by atoms with van der Waals surface area (Å²) in [5, 5.41) is 2.74. The molecular formula is C17H20N2O3. The first kappa shape index (κ1) is 14.6. The van der Waals surface area contributed by atoms with Crippen LogP contribution in [0.15, 0.2) is 30.5 Å². The molecule has 2 amide bonds. The summed E-state index contributed by atoms with van der Waals surface area (Å²) in [6.45, 7) is 8.13. The molecule has 0 bridgehead atoms. The quantitative estimate of drug-likeness (QED) is 0.931. The average molecular weight is 300 g/mol. The third kappa shape index (κ3) is 2.58. The van der Waals surface area contributed by atoms with Gasteiger partial charge in [0, 0.05) is 17.8 Å². The highest BCUT2D eigenvalue weighted by atomic mass is 16.5. The van der Waals surface area contributed by atoms with Crippen molar-refractivity contribution in [1.29, 1.82) is 0 Å². The Morgan fingerprint density at radius 2 is 2.14 bits per heavy atom. The Morgan fingerprint density at radius 1 is 1.36 bits per heavy atom. The van der Waals surface area contributed by atoms with Gasteiger partial charge in [-0.15, -0.1) is 0 Å². The summed E-state index contributed by atoms with van der Waals surface area (Å²) >= 11 is 0. The molecule has 22 heavy (non-hydrogen) atoms. The fourth-order valence-corrected chi connectivity index (χ4v) is 2.96. The van der Waals surface area contributed by atoms with E-state index in [0.29, 0.717) is 30.7 Å². The van der Waals surface area contributed by atoms with E-state index in [4.69, 9.17) is 4.74 Å². The highest BCUT2D eigenvalue weighted by molar-refractivity contribution is 6.01. The van der Waals surface area contributed by atoms with Crippen LogP contribution >= 0.6 is 0 Å². The maximum Gasteiger partial charge on any atom is 0.255 e. The summed E-state index contributed by atoms with van der Waals surface area (Å²) < 4.78 is 5.64. The van der Waals surface area contributed by atoms with Crippen molar-refractivity contribution in [3.05, 3.63) is 41.6 Å². The zero-order chi connectivity index (χ0) is 15.9. The minimum atomic E-state index is -0.417. The summed E-state index contributed by atoms with van der Waals surface area (Å²) in [5.41, 5.74) is 2.30. The molecule has 0 saturated carbocycles. The molecule has 0 radical (unpaired) electrons. The van der Waals surface area contributed by atoms with E-state index >= 15 is 0 Å². The van der Waals surface area contributed by atoms with Crippen LogP contribution in [0.5, 0.6) is 5.75 Å². The lowest BCUT2D eigenvalue weighted by Crippen LogP contribution is -2.49. The van der Waals surface area contributed by atoms with Crippen molar-refractivity contribution in [3.63, 3.8) is 0 Å². The van der Waals surface area contributed by atoms with Crippen LogP contribution in [0.2, 0.25) is 0 Å². The van der Waals surface area contributed by atoms with Crippen molar-refractivity contribution < 1.29 is 14.3 Å². The van der Waals surface area contributed by atoms with Gasteiger partial charge in [-0.3, -0.25) is 9.59 Å². The van der Waals surface area contributed by atoms with Crippen molar-refractivity contribution in [2.24, 2.45) is 0 Å². The fourth-order valence-electron chi connectivity index (χ4n) is 2.96. The van der Waals surface area contributed by atoms with E-state index in [2.05, 4.69) is 11.9 Å². The molecule has 1 N–H and O–H groups in total. The molecule has 116 valence electrons. The van der Waals surface area contributed by atoms with E-state index in [0.717, 1.165) is 11.3 Å². The number of benzene rings is 1. The molecule has 0 aliphatic carbocycles. The van der Waals surface area contributed by atoms with Crippen molar-refractivity contribution in [1.82, 2.24) is 10.2 Å². The first-order chi connectivity index (χ1) is 10.5. The van der Waals surface area contributed by atoms with Gasteiger partial charge in [0.2, 0.25) is 5.91 Å². The fraction of sp³-hybridized carbons (Fsp3) is 0.412. The summed E-state index contributed by atoms with van der Waals surface area (Å²) in [4.78, 5) is 26.4. The molecule has 0 aromatic heterocycles. The Bertz CT molecular complexity index is 651. The van der Waals surface area contributed by atoms with Crippen molar-refractivity contribution in [3.8, 4) is 5.75 Å². The van der Waals surface area contributed by atoms with Gasteiger partial charge in [-0.1, -0.05) is 12.6 Å². The Labute approximate surface area is 129 Å². The molecule has 1 atom stereocenters. The molecule has 1 unspecified atom stereocenters. The van der Waals surface area contributed by atoms with Gasteiger partial charge in [0.25, 0.3) is 5.91 Å². The molecule has 3 rings (SSSR count). The van der Waals surface area contributed by atoms with Crippen LogP contribution in [0.4, 0.5) is 0 Å². The smallest absolute Gasteiger partial charge is 0.255 e. The first-order valence-corrected chi connectivity index (χ1v) is 7.55. The minimum Gasteiger partial charge on any atom is -0.491 e. The average Bonchev–Trinajstić information content (AvgIpc) is 2.75. The minimum absolute atomic E-state index is 0.0563. The molecule has 1 aromatic rings. The zero-order valence-electron chi connectivity index (χ0n) is 12.9. The monoisotopic (exact) mass is 300 g/mol. The summed E-state index contributed by atoms with van der Waals surface area (Å²) in [6.07, 6.45) is 1.39. The number of allylic oxidation sites excluding steroid dienone is 1. The number of carbonyl (C=O) groups is 2. The van der Waals surface area contributed by atoms with Crippen LogP contribution in [0.25, 0.3) is 0 Å². The highest BCUT2D eigenvalue weighted by Crippen LogP contribution is 2.30. The number of nitrogens with one attached hydrogen (secondary N) is 1. The lowest BCUT2D eigenvalue weighted by Gasteiger charge is -2.30. The summed E-state index contributed by atoms with van der Waals surface area (Å²) in [5.74, 6) is 0.443. The van der Waals surface area contributed by atoms with Crippen LogP contribution in [0.3, 0.4) is 0 Å². The largest absolute Gasteiger partial charge is 0.491 e. The molecule has 5 nitrogen and oxygen atoms in total. The van der Waals surface area contributed by atoms with Crippen molar-refractivity contribution in [2.75, 3.05) is 0 Å².